The average molecular weight is 583 g/mol. The second-order valence-electron chi connectivity index (χ2n) is 10.9. The predicted molar refractivity (Wildman–Crippen MR) is 154 cm³/mol. The van der Waals surface area contributed by atoms with Gasteiger partial charge in [-0.15, -0.1) is 0 Å². The number of nitrogens with zero attached hydrogens (tertiary/aromatic N) is 6. The van der Waals surface area contributed by atoms with Crippen molar-refractivity contribution in [2.75, 3.05) is 25.9 Å². The number of benzene rings is 1. The van der Waals surface area contributed by atoms with Crippen molar-refractivity contribution in [3.8, 4) is 6.07 Å². The molecule has 0 spiro atoms. The third-order valence-corrected chi connectivity index (χ3v) is 10.7. The molecule has 3 aliphatic rings. The van der Waals surface area contributed by atoms with Crippen molar-refractivity contribution in [1.29, 1.82) is 5.26 Å². The molecule has 1 aliphatic carbocycles. The number of likely N-dealkylation sites (N-methyl/N-ethyl adjacent to an activating group) is 1. The number of hydrogen-bond acceptors (Lipinski definition) is 8. The lowest BCUT2D eigenvalue weighted by Crippen LogP contribution is -2.46. The van der Waals surface area contributed by atoms with E-state index in [2.05, 4.69) is 16.0 Å². The molecular formula is C31H30N6O4S. The quantitative estimate of drug-likeness (QED) is 0.293. The highest BCUT2D eigenvalue weighted by Gasteiger charge is 2.67. The third kappa shape index (κ3) is 4.30. The zero-order chi connectivity index (χ0) is 29.6. The molecule has 2 aromatic heterocycles. The van der Waals surface area contributed by atoms with Gasteiger partial charge in [0.1, 0.15) is 5.82 Å². The molecule has 2 aliphatic heterocycles. The van der Waals surface area contributed by atoms with E-state index in [0.29, 0.717) is 47.6 Å². The normalized spacial score (nSPS) is 24.1. The summed E-state index contributed by atoms with van der Waals surface area (Å²) >= 11 is 0. The van der Waals surface area contributed by atoms with Crippen LogP contribution in [0.15, 0.2) is 85.2 Å². The number of fused-ring (bicyclic) bond motifs is 1. The van der Waals surface area contributed by atoms with Gasteiger partial charge in [-0.3, -0.25) is 24.5 Å². The molecule has 1 amide bonds. The Morgan fingerprint density at radius 3 is 2.05 bits per heavy atom. The Balaban J connectivity index is 1.45. The van der Waals surface area contributed by atoms with Crippen molar-refractivity contribution in [3.63, 3.8) is 0 Å². The van der Waals surface area contributed by atoms with E-state index >= 15 is 0 Å². The lowest BCUT2D eigenvalue weighted by atomic mass is 9.82. The highest BCUT2D eigenvalue weighted by atomic mass is 32.2. The first-order valence-corrected chi connectivity index (χ1v) is 15.5. The van der Waals surface area contributed by atoms with E-state index in [4.69, 9.17) is 5.26 Å². The van der Waals surface area contributed by atoms with Gasteiger partial charge in [-0.2, -0.15) is 5.26 Å². The maximum absolute atomic E-state index is 14.9. The Labute approximate surface area is 245 Å². The van der Waals surface area contributed by atoms with Crippen molar-refractivity contribution >= 4 is 21.7 Å². The largest absolute Gasteiger partial charge is 0.339 e. The van der Waals surface area contributed by atoms with Crippen LogP contribution in [0.4, 0.5) is 0 Å². The van der Waals surface area contributed by atoms with Crippen LogP contribution in [0.3, 0.4) is 0 Å². The zero-order valence-corrected chi connectivity index (χ0v) is 24.1. The van der Waals surface area contributed by atoms with Gasteiger partial charge < -0.3 is 4.90 Å². The summed E-state index contributed by atoms with van der Waals surface area (Å²) in [5.74, 6) is -0.0626. The van der Waals surface area contributed by atoms with Gasteiger partial charge in [0.25, 0.3) is 5.91 Å². The number of amides is 1. The number of hydrogen-bond donors (Lipinski definition) is 0. The maximum atomic E-state index is 14.9. The van der Waals surface area contributed by atoms with E-state index < -0.39 is 15.6 Å². The lowest BCUT2D eigenvalue weighted by molar-refractivity contribution is -0.132. The van der Waals surface area contributed by atoms with Crippen LogP contribution in [0.25, 0.3) is 0 Å². The monoisotopic (exact) mass is 582 g/mol. The SMILES string of the molecule is CCCS(=O)(=O)N1C[C@@H]2[C@H](C1)[C@H]2N1C(=O)C(c2ccncc2)(c2ccncc2)N(C)C1=CC(=O)c1ccc(C#N)cc1. The van der Waals surface area contributed by atoms with Crippen LogP contribution in [0.1, 0.15) is 40.4 Å². The second kappa shape index (κ2) is 10.5. The van der Waals surface area contributed by atoms with Gasteiger partial charge in [0.15, 0.2) is 11.3 Å². The molecule has 3 atom stereocenters. The number of ketones is 1. The summed E-state index contributed by atoms with van der Waals surface area (Å²) in [7, 11) is -1.55. The summed E-state index contributed by atoms with van der Waals surface area (Å²) in [6.07, 6.45) is 8.55. The smallest absolute Gasteiger partial charge is 0.263 e. The summed E-state index contributed by atoms with van der Waals surface area (Å²) < 4.78 is 27.1. The minimum Gasteiger partial charge on any atom is -0.339 e. The second-order valence-corrected chi connectivity index (χ2v) is 13.0. The number of aromatic nitrogens is 2. The van der Waals surface area contributed by atoms with Crippen molar-refractivity contribution < 1.29 is 18.0 Å². The first-order valence-electron chi connectivity index (χ1n) is 13.9. The highest BCUT2D eigenvalue weighted by molar-refractivity contribution is 7.89. The molecule has 0 bridgehead atoms. The Morgan fingerprint density at radius 1 is 1.00 bits per heavy atom. The van der Waals surface area contributed by atoms with Gasteiger partial charge in [-0.25, -0.2) is 12.7 Å². The van der Waals surface area contributed by atoms with Gasteiger partial charge in [-0.1, -0.05) is 6.92 Å². The van der Waals surface area contributed by atoms with E-state index in [1.165, 1.54) is 10.4 Å². The minimum atomic E-state index is -3.35. The molecule has 214 valence electrons. The number of pyridine rings is 2. The summed E-state index contributed by atoms with van der Waals surface area (Å²) in [5, 5.41) is 9.17. The van der Waals surface area contributed by atoms with Gasteiger partial charge in [0, 0.05) is 74.4 Å². The van der Waals surface area contributed by atoms with E-state index in [-0.39, 0.29) is 35.3 Å². The number of allylic oxidation sites excluding steroid dienone is 1. The molecule has 1 saturated carbocycles. The Bertz CT molecular complexity index is 1650. The molecule has 0 unspecified atom stereocenters. The van der Waals surface area contributed by atoms with Crippen molar-refractivity contribution in [2.24, 2.45) is 11.8 Å². The number of carbonyl (C=O) groups is 2. The first kappa shape index (κ1) is 27.8. The fourth-order valence-electron chi connectivity index (χ4n) is 6.56. The van der Waals surface area contributed by atoms with Crippen LogP contribution in [0.5, 0.6) is 0 Å². The topological polar surface area (TPSA) is 128 Å². The van der Waals surface area contributed by atoms with Crippen LogP contribution < -0.4 is 0 Å². The van der Waals surface area contributed by atoms with Crippen LogP contribution in [-0.4, -0.2) is 76.1 Å². The zero-order valence-electron chi connectivity index (χ0n) is 23.3. The molecule has 2 saturated heterocycles. The highest BCUT2D eigenvalue weighted by Crippen LogP contribution is 2.56. The fourth-order valence-corrected chi connectivity index (χ4v) is 8.13. The Morgan fingerprint density at radius 2 is 1.55 bits per heavy atom. The van der Waals surface area contributed by atoms with Crippen LogP contribution in [0, 0.1) is 23.2 Å². The van der Waals surface area contributed by atoms with Crippen molar-refractivity contribution in [2.45, 2.75) is 24.9 Å². The van der Waals surface area contributed by atoms with E-state index in [1.807, 2.05) is 11.8 Å². The molecule has 3 fully saturated rings. The first-order chi connectivity index (χ1) is 20.2. The molecular weight excluding hydrogens is 552 g/mol. The van der Waals surface area contributed by atoms with Crippen LogP contribution in [0.2, 0.25) is 0 Å². The molecule has 10 nitrogen and oxygen atoms in total. The molecule has 0 N–H and O–H groups in total. The maximum Gasteiger partial charge on any atom is 0.263 e. The average Bonchev–Trinajstić information content (AvgIpc) is 3.36. The van der Waals surface area contributed by atoms with Crippen LogP contribution in [-0.2, 0) is 20.4 Å². The summed E-state index contributed by atoms with van der Waals surface area (Å²) in [6.45, 7) is 2.54. The summed E-state index contributed by atoms with van der Waals surface area (Å²) in [4.78, 5) is 40.3. The predicted octanol–water partition coefficient (Wildman–Crippen LogP) is 2.76. The van der Waals surface area contributed by atoms with E-state index in [1.54, 1.807) is 85.3 Å². The van der Waals surface area contributed by atoms with Crippen molar-refractivity contribution in [3.05, 3.63) is 107 Å². The molecule has 0 radical (unpaired) electrons. The molecule has 3 aromatic rings. The summed E-state index contributed by atoms with van der Waals surface area (Å²) in [6, 6.07) is 15.4. The standard InChI is InChI=1S/C31H30N6O4S/c1-3-16-42(40,41)36-19-25-26(20-36)29(25)37-28(17-27(38)22-6-4-21(18-32)5-7-22)35(2)31(30(37)39,23-8-12-33-13-9-23)24-10-14-34-15-11-24/h4-15,17,25-26,29H,3,16,19-20H2,1-2H3/t25-,26+,29+. The lowest BCUT2D eigenvalue weighted by Gasteiger charge is -2.35. The summed E-state index contributed by atoms with van der Waals surface area (Å²) in [5.41, 5.74) is 0.909. The van der Waals surface area contributed by atoms with Gasteiger partial charge >= 0.3 is 0 Å². The molecule has 1 aromatic carbocycles. The van der Waals surface area contributed by atoms with E-state index in [9.17, 15) is 18.0 Å². The minimum absolute atomic E-state index is 0.0342. The number of sulfonamides is 1. The van der Waals surface area contributed by atoms with Gasteiger partial charge in [-0.05, 0) is 66.1 Å². The fraction of sp³-hybridized carbons (Fsp3) is 0.323. The number of nitriles is 1. The number of rotatable bonds is 8. The molecule has 11 heteroatoms. The number of piperidine rings is 1. The molecule has 4 heterocycles. The third-order valence-electron chi connectivity index (χ3n) is 8.65. The van der Waals surface area contributed by atoms with Crippen LogP contribution >= 0.6 is 0 Å². The Kier molecular flexibility index (Phi) is 6.91. The van der Waals surface area contributed by atoms with Crippen molar-refractivity contribution in [1.82, 2.24) is 24.1 Å². The number of carbonyl (C=O) groups excluding carboxylic acids is 2. The molecule has 42 heavy (non-hydrogen) atoms. The van der Waals surface area contributed by atoms with Gasteiger partial charge in [0.2, 0.25) is 10.0 Å². The Hall–Kier alpha value is -4.40. The molecule has 6 rings (SSSR count). The van der Waals surface area contributed by atoms with E-state index in [0.717, 1.165) is 0 Å². The van der Waals surface area contributed by atoms with Gasteiger partial charge in [0.05, 0.1) is 17.4 Å².